The molecule has 0 spiro atoms. The van der Waals surface area contributed by atoms with Crippen LogP contribution < -0.4 is 10.3 Å². The van der Waals surface area contributed by atoms with E-state index in [0.717, 1.165) is 5.39 Å². The quantitative estimate of drug-likeness (QED) is 0.401. The van der Waals surface area contributed by atoms with Gasteiger partial charge in [-0.15, -0.1) is 0 Å². The maximum absolute atomic E-state index is 13.6. The lowest BCUT2D eigenvalue weighted by molar-refractivity contribution is 0.399. The van der Waals surface area contributed by atoms with Crippen molar-refractivity contribution in [1.29, 1.82) is 0 Å². The molecular formula is C23H20BrN3O4S. The van der Waals surface area contributed by atoms with Crippen molar-refractivity contribution in [3.8, 4) is 5.75 Å². The molecule has 0 unspecified atom stereocenters. The summed E-state index contributed by atoms with van der Waals surface area (Å²) in [5.74, 6) is 0.642. The molecule has 4 aromatic rings. The molecule has 0 saturated heterocycles. The molecule has 0 fully saturated rings. The van der Waals surface area contributed by atoms with Gasteiger partial charge < -0.3 is 9.72 Å². The van der Waals surface area contributed by atoms with Gasteiger partial charge in [-0.1, -0.05) is 18.2 Å². The van der Waals surface area contributed by atoms with Crippen molar-refractivity contribution in [1.82, 2.24) is 14.3 Å². The number of sulfonamides is 1. The average molecular weight is 514 g/mol. The molecule has 0 atom stereocenters. The highest BCUT2D eigenvalue weighted by Crippen LogP contribution is 2.27. The van der Waals surface area contributed by atoms with Gasteiger partial charge in [0.1, 0.15) is 5.75 Å². The van der Waals surface area contributed by atoms with Crippen LogP contribution in [0.3, 0.4) is 0 Å². The Labute approximate surface area is 193 Å². The zero-order valence-electron chi connectivity index (χ0n) is 17.2. The normalized spacial score (nSPS) is 11.7. The number of methoxy groups -OCH3 is 1. The number of hydrogen-bond donors (Lipinski definition) is 1. The van der Waals surface area contributed by atoms with Gasteiger partial charge in [0.05, 0.1) is 12.0 Å². The number of hydrogen-bond acceptors (Lipinski definition) is 5. The number of ether oxygens (including phenoxy) is 1. The average Bonchev–Trinajstić information content (AvgIpc) is 2.79. The highest BCUT2D eigenvalue weighted by molar-refractivity contribution is 9.10. The van der Waals surface area contributed by atoms with Crippen LogP contribution in [0.15, 0.2) is 87.2 Å². The molecule has 0 saturated carbocycles. The molecule has 4 rings (SSSR count). The number of H-pyrrole nitrogens is 1. The van der Waals surface area contributed by atoms with Crippen molar-refractivity contribution < 1.29 is 13.2 Å². The second-order valence-corrected chi connectivity index (χ2v) is 9.90. The molecule has 0 bridgehead atoms. The van der Waals surface area contributed by atoms with Crippen LogP contribution in [0, 0.1) is 0 Å². The number of pyridine rings is 2. The first-order chi connectivity index (χ1) is 15.4. The minimum Gasteiger partial charge on any atom is -0.497 e. The van der Waals surface area contributed by atoms with Crippen LogP contribution in [-0.2, 0) is 23.1 Å². The van der Waals surface area contributed by atoms with E-state index in [2.05, 4.69) is 25.9 Å². The summed E-state index contributed by atoms with van der Waals surface area (Å²) in [6, 6.07) is 17.2. The SMILES string of the molecule is COc1ccc2[nH]c(=O)c(CN(Cc3cccnc3)S(=O)(=O)c3ccccc3Br)cc2c1. The van der Waals surface area contributed by atoms with Gasteiger partial charge in [-0.3, -0.25) is 9.78 Å². The molecule has 2 aromatic heterocycles. The smallest absolute Gasteiger partial charge is 0.252 e. The number of aromatic nitrogens is 2. The molecule has 7 nitrogen and oxygen atoms in total. The largest absolute Gasteiger partial charge is 0.497 e. The van der Waals surface area contributed by atoms with Crippen molar-refractivity contribution in [3.05, 3.63) is 99.0 Å². The van der Waals surface area contributed by atoms with Crippen molar-refractivity contribution in [2.24, 2.45) is 0 Å². The summed E-state index contributed by atoms with van der Waals surface area (Å²) < 4.78 is 34.2. The van der Waals surface area contributed by atoms with E-state index < -0.39 is 10.0 Å². The fraction of sp³-hybridized carbons (Fsp3) is 0.130. The second kappa shape index (κ2) is 9.23. The summed E-state index contributed by atoms with van der Waals surface area (Å²) in [6.45, 7) is -0.0475. The number of nitrogens with zero attached hydrogens (tertiary/aromatic N) is 2. The lowest BCUT2D eigenvalue weighted by Crippen LogP contribution is -2.32. The summed E-state index contributed by atoms with van der Waals surface area (Å²) in [5.41, 5.74) is 1.33. The molecule has 0 radical (unpaired) electrons. The van der Waals surface area contributed by atoms with E-state index in [1.807, 2.05) is 0 Å². The van der Waals surface area contributed by atoms with Crippen molar-refractivity contribution in [2.45, 2.75) is 18.0 Å². The maximum atomic E-state index is 13.6. The Hall–Kier alpha value is -3.01. The van der Waals surface area contributed by atoms with E-state index >= 15 is 0 Å². The first-order valence-electron chi connectivity index (χ1n) is 9.72. The Balaban J connectivity index is 1.79. The lowest BCUT2D eigenvalue weighted by Gasteiger charge is -2.23. The summed E-state index contributed by atoms with van der Waals surface area (Å²) in [6.07, 6.45) is 3.23. The number of halogens is 1. The number of fused-ring (bicyclic) bond motifs is 1. The Morgan fingerprint density at radius 1 is 1.06 bits per heavy atom. The Morgan fingerprint density at radius 3 is 2.59 bits per heavy atom. The first kappa shape index (κ1) is 22.2. The van der Waals surface area contributed by atoms with Crippen molar-refractivity contribution in [2.75, 3.05) is 7.11 Å². The fourth-order valence-electron chi connectivity index (χ4n) is 3.38. The van der Waals surface area contributed by atoms with Crippen LogP contribution >= 0.6 is 15.9 Å². The molecule has 164 valence electrons. The lowest BCUT2D eigenvalue weighted by atomic mass is 10.1. The standard InChI is InChI=1S/C23H20BrN3O4S/c1-31-19-8-9-21-17(12-19)11-18(23(28)26-21)15-27(14-16-5-4-10-25-13-16)32(29,30)22-7-3-2-6-20(22)24/h2-13H,14-15H2,1H3,(H,26,28). The molecule has 2 aromatic carbocycles. The summed E-state index contributed by atoms with van der Waals surface area (Å²) in [5, 5.41) is 0.749. The Morgan fingerprint density at radius 2 is 1.88 bits per heavy atom. The first-order valence-corrected chi connectivity index (χ1v) is 12.0. The van der Waals surface area contributed by atoms with Crippen LogP contribution in [0.5, 0.6) is 5.75 Å². The molecule has 32 heavy (non-hydrogen) atoms. The Bertz CT molecular complexity index is 1420. The summed E-state index contributed by atoms with van der Waals surface area (Å²) in [7, 11) is -2.37. The Kier molecular flexibility index (Phi) is 6.40. The molecule has 0 aliphatic carbocycles. The van der Waals surface area contributed by atoms with Crippen LogP contribution in [0.2, 0.25) is 0 Å². The van der Waals surface area contributed by atoms with Crippen LogP contribution in [-0.4, -0.2) is 29.8 Å². The third-order valence-electron chi connectivity index (χ3n) is 5.01. The topological polar surface area (TPSA) is 92.4 Å². The zero-order chi connectivity index (χ0) is 22.7. The molecule has 1 N–H and O–H groups in total. The van der Waals surface area contributed by atoms with Crippen LogP contribution in [0.25, 0.3) is 10.9 Å². The number of benzene rings is 2. The zero-order valence-corrected chi connectivity index (χ0v) is 19.6. The van der Waals surface area contributed by atoms with Gasteiger partial charge in [0, 0.05) is 46.4 Å². The number of rotatable bonds is 7. The summed E-state index contributed by atoms with van der Waals surface area (Å²) >= 11 is 3.33. The van der Waals surface area contributed by atoms with Gasteiger partial charge in [0.15, 0.2) is 0 Å². The van der Waals surface area contributed by atoms with Gasteiger partial charge in [0.2, 0.25) is 10.0 Å². The van der Waals surface area contributed by atoms with Crippen molar-refractivity contribution >= 4 is 36.9 Å². The fourth-order valence-corrected chi connectivity index (χ4v) is 5.75. The van der Waals surface area contributed by atoms with Crippen molar-refractivity contribution in [3.63, 3.8) is 0 Å². The van der Waals surface area contributed by atoms with Gasteiger partial charge in [-0.05, 0) is 64.0 Å². The third-order valence-corrected chi connectivity index (χ3v) is 7.82. The highest BCUT2D eigenvalue weighted by atomic mass is 79.9. The number of nitrogens with one attached hydrogen (secondary N) is 1. The molecule has 0 amide bonds. The van der Waals surface area contributed by atoms with E-state index in [1.165, 1.54) is 10.4 Å². The van der Waals surface area contributed by atoms with Gasteiger partial charge in [-0.25, -0.2) is 8.42 Å². The minimum absolute atomic E-state index is 0.0626. The second-order valence-electron chi connectivity index (χ2n) is 7.14. The van der Waals surface area contributed by atoms with E-state index in [1.54, 1.807) is 74.1 Å². The predicted molar refractivity (Wildman–Crippen MR) is 126 cm³/mol. The summed E-state index contributed by atoms with van der Waals surface area (Å²) in [4.78, 5) is 19.8. The van der Waals surface area contributed by atoms with Gasteiger partial charge in [-0.2, -0.15) is 4.31 Å². The monoisotopic (exact) mass is 513 g/mol. The van der Waals surface area contributed by atoms with Gasteiger partial charge >= 0.3 is 0 Å². The maximum Gasteiger partial charge on any atom is 0.252 e. The predicted octanol–water partition coefficient (Wildman–Crippen LogP) is 4.09. The van der Waals surface area contributed by atoms with E-state index in [-0.39, 0.29) is 23.5 Å². The van der Waals surface area contributed by atoms with E-state index in [0.29, 0.717) is 26.9 Å². The van der Waals surface area contributed by atoms with Gasteiger partial charge in [0.25, 0.3) is 5.56 Å². The minimum atomic E-state index is -3.93. The molecule has 0 aliphatic rings. The molecule has 0 aliphatic heterocycles. The van der Waals surface area contributed by atoms with E-state index in [4.69, 9.17) is 4.74 Å². The molecule has 9 heteroatoms. The highest BCUT2D eigenvalue weighted by Gasteiger charge is 2.27. The van der Waals surface area contributed by atoms with Crippen LogP contribution in [0.4, 0.5) is 0 Å². The third kappa shape index (κ3) is 4.59. The molecule has 2 heterocycles. The van der Waals surface area contributed by atoms with Crippen LogP contribution in [0.1, 0.15) is 11.1 Å². The number of aromatic amines is 1. The van der Waals surface area contributed by atoms with E-state index in [9.17, 15) is 13.2 Å². The molecular weight excluding hydrogens is 494 g/mol.